The van der Waals surface area contributed by atoms with Gasteiger partial charge in [0.1, 0.15) is 5.82 Å². The van der Waals surface area contributed by atoms with Crippen molar-refractivity contribution in [1.82, 2.24) is 10.2 Å². The monoisotopic (exact) mass is 256 g/mol. The molecule has 0 N–H and O–H groups in total. The van der Waals surface area contributed by atoms with E-state index in [0.29, 0.717) is 11.1 Å². The van der Waals surface area contributed by atoms with Gasteiger partial charge in [-0.25, -0.2) is 4.39 Å². The van der Waals surface area contributed by atoms with Crippen LogP contribution in [-0.2, 0) is 0 Å². The number of aromatic nitrogens is 2. The number of hydrogen-bond acceptors (Lipinski definition) is 2. The Morgan fingerprint density at radius 2 is 1.81 bits per heavy atom. The van der Waals surface area contributed by atoms with E-state index in [9.17, 15) is 4.39 Å². The SMILES string of the molecule is Cc1ccc(F)cc1-c1cc(Cl)nnc1Cl. The Hall–Kier alpha value is -1.19. The van der Waals surface area contributed by atoms with Crippen molar-refractivity contribution >= 4 is 23.2 Å². The van der Waals surface area contributed by atoms with Crippen molar-refractivity contribution in [3.05, 3.63) is 46.0 Å². The fraction of sp³-hybridized carbons (Fsp3) is 0.0909. The highest BCUT2D eigenvalue weighted by Crippen LogP contribution is 2.30. The molecule has 0 unspecified atom stereocenters. The first-order valence-electron chi connectivity index (χ1n) is 4.53. The number of aryl methyl sites for hydroxylation is 1. The molecule has 0 aliphatic carbocycles. The van der Waals surface area contributed by atoms with Crippen LogP contribution in [0.5, 0.6) is 0 Å². The van der Waals surface area contributed by atoms with Crippen molar-refractivity contribution in [3.8, 4) is 11.1 Å². The molecule has 0 atom stereocenters. The largest absolute Gasteiger partial charge is 0.207 e. The highest BCUT2D eigenvalue weighted by molar-refractivity contribution is 6.33. The Kier molecular flexibility index (Phi) is 3.08. The van der Waals surface area contributed by atoms with Crippen LogP contribution in [-0.4, -0.2) is 10.2 Å². The van der Waals surface area contributed by atoms with Gasteiger partial charge in [0.15, 0.2) is 10.3 Å². The number of hydrogen-bond donors (Lipinski definition) is 0. The summed E-state index contributed by atoms with van der Waals surface area (Å²) < 4.78 is 13.2. The normalized spacial score (nSPS) is 10.5. The predicted molar refractivity (Wildman–Crippen MR) is 62.2 cm³/mol. The van der Waals surface area contributed by atoms with Gasteiger partial charge in [0.2, 0.25) is 0 Å². The van der Waals surface area contributed by atoms with Gasteiger partial charge in [0, 0.05) is 5.56 Å². The van der Waals surface area contributed by atoms with Gasteiger partial charge >= 0.3 is 0 Å². The van der Waals surface area contributed by atoms with Crippen LogP contribution in [0, 0.1) is 12.7 Å². The molecule has 0 saturated carbocycles. The summed E-state index contributed by atoms with van der Waals surface area (Å²) in [5.74, 6) is -0.329. The second-order valence-electron chi connectivity index (χ2n) is 3.33. The summed E-state index contributed by atoms with van der Waals surface area (Å²) in [5, 5.41) is 7.73. The second-order valence-corrected chi connectivity index (χ2v) is 4.08. The lowest BCUT2D eigenvalue weighted by Crippen LogP contribution is -1.91. The van der Waals surface area contributed by atoms with E-state index in [1.54, 1.807) is 12.1 Å². The summed E-state index contributed by atoms with van der Waals surface area (Å²) in [6, 6.07) is 6.03. The molecule has 1 aromatic carbocycles. The molecular weight excluding hydrogens is 250 g/mol. The van der Waals surface area contributed by atoms with Crippen LogP contribution in [0.2, 0.25) is 10.3 Å². The minimum atomic E-state index is -0.329. The van der Waals surface area contributed by atoms with Crippen LogP contribution in [0.1, 0.15) is 5.56 Å². The van der Waals surface area contributed by atoms with Gasteiger partial charge in [-0.1, -0.05) is 29.3 Å². The van der Waals surface area contributed by atoms with Crippen LogP contribution in [0.15, 0.2) is 24.3 Å². The van der Waals surface area contributed by atoms with Crippen molar-refractivity contribution in [2.75, 3.05) is 0 Å². The molecule has 0 radical (unpaired) electrons. The summed E-state index contributed by atoms with van der Waals surface area (Å²) in [6.07, 6.45) is 0. The molecule has 2 aromatic rings. The highest BCUT2D eigenvalue weighted by Gasteiger charge is 2.10. The minimum Gasteiger partial charge on any atom is -0.207 e. The maximum absolute atomic E-state index is 13.2. The molecule has 1 aromatic heterocycles. The summed E-state index contributed by atoms with van der Waals surface area (Å²) >= 11 is 11.6. The molecule has 1 heterocycles. The molecule has 0 aliphatic heterocycles. The summed E-state index contributed by atoms with van der Waals surface area (Å²) in [4.78, 5) is 0. The van der Waals surface area contributed by atoms with E-state index in [1.165, 1.54) is 12.1 Å². The lowest BCUT2D eigenvalue weighted by molar-refractivity contribution is 0.628. The first kappa shape index (κ1) is 11.3. The highest BCUT2D eigenvalue weighted by atomic mass is 35.5. The minimum absolute atomic E-state index is 0.207. The molecule has 2 nitrogen and oxygen atoms in total. The molecular formula is C11H7Cl2FN2. The number of nitrogens with zero attached hydrogens (tertiary/aromatic N) is 2. The topological polar surface area (TPSA) is 25.8 Å². The van der Waals surface area contributed by atoms with E-state index >= 15 is 0 Å². The number of halogens is 3. The lowest BCUT2D eigenvalue weighted by Gasteiger charge is -2.07. The zero-order valence-corrected chi connectivity index (χ0v) is 9.85. The van der Waals surface area contributed by atoms with Gasteiger partial charge in [-0.05, 0) is 36.2 Å². The zero-order valence-electron chi connectivity index (χ0n) is 8.34. The van der Waals surface area contributed by atoms with Crippen molar-refractivity contribution in [2.24, 2.45) is 0 Å². The quantitative estimate of drug-likeness (QED) is 0.774. The van der Waals surface area contributed by atoms with Gasteiger partial charge in [0.25, 0.3) is 0 Å². The zero-order chi connectivity index (χ0) is 11.7. The fourth-order valence-corrected chi connectivity index (χ4v) is 1.77. The maximum Gasteiger partial charge on any atom is 0.159 e. The van der Waals surface area contributed by atoms with Gasteiger partial charge in [-0.15, -0.1) is 10.2 Å². The first-order valence-corrected chi connectivity index (χ1v) is 5.29. The van der Waals surface area contributed by atoms with E-state index in [0.717, 1.165) is 5.56 Å². The smallest absolute Gasteiger partial charge is 0.159 e. The lowest BCUT2D eigenvalue weighted by atomic mass is 10.0. The Balaban J connectivity index is 2.66. The third-order valence-corrected chi connectivity index (χ3v) is 2.67. The average molecular weight is 257 g/mol. The number of benzene rings is 1. The third kappa shape index (κ3) is 2.15. The first-order chi connectivity index (χ1) is 7.58. The van der Waals surface area contributed by atoms with Crippen LogP contribution in [0.3, 0.4) is 0 Å². The Morgan fingerprint density at radius 3 is 2.56 bits per heavy atom. The summed E-state index contributed by atoms with van der Waals surface area (Å²) in [6.45, 7) is 1.86. The standard InChI is InChI=1S/C11H7Cl2FN2/c1-6-2-3-7(14)4-8(6)9-5-10(12)15-16-11(9)13/h2-5H,1H3. The Labute approximate surface area is 102 Å². The van der Waals surface area contributed by atoms with E-state index in [1.807, 2.05) is 6.92 Å². The van der Waals surface area contributed by atoms with Gasteiger partial charge in [-0.2, -0.15) is 0 Å². The average Bonchev–Trinajstić information content (AvgIpc) is 2.25. The Bertz CT molecular complexity index is 494. The Morgan fingerprint density at radius 1 is 1.06 bits per heavy atom. The summed E-state index contributed by atoms with van der Waals surface area (Å²) in [7, 11) is 0. The maximum atomic E-state index is 13.2. The molecule has 2 rings (SSSR count). The van der Waals surface area contributed by atoms with E-state index in [4.69, 9.17) is 23.2 Å². The van der Waals surface area contributed by atoms with Gasteiger partial charge in [0.05, 0.1) is 0 Å². The van der Waals surface area contributed by atoms with Crippen LogP contribution < -0.4 is 0 Å². The van der Waals surface area contributed by atoms with Crippen molar-refractivity contribution < 1.29 is 4.39 Å². The molecule has 0 amide bonds. The molecule has 0 fully saturated rings. The van der Waals surface area contributed by atoms with Crippen molar-refractivity contribution in [3.63, 3.8) is 0 Å². The second kappa shape index (κ2) is 4.36. The van der Waals surface area contributed by atoms with E-state index in [-0.39, 0.29) is 16.1 Å². The van der Waals surface area contributed by atoms with E-state index < -0.39 is 0 Å². The number of rotatable bonds is 1. The molecule has 5 heteroatoms. The van der Waals surface area contributed by atoms with Crippen LogP contribution >= 0.6 is 23.2 Å². The molecule has 0 spiro atoms. The van der Waals surface area contributed by atoms with Crippen LogP contribution in [0.4, 0.5) is 4.39 Å². The van der Waals surface area contributed by atoms with Crippen LogP contribution in [0.25, 0.3) is 11.1 Å². The third-order valence-electron chi connectivity index (χ3n) is 2.21. The summed E-state index contributed by atoms with van der Waals surface area (Å²) in [5.41, 5.74) is 2.15. The molecule has 0 bridgehead atoms. The molecule has 0 aliphatic rings. The predicted octanol–water partition coefficient (Wildman–Crippen LogP) is 3.90. The van der Waals surface area contributed by atoms with Gasteiger partial charge in [-0.3, -0.25) is 0 Å². The molecule has 82 valence electrons. The van der Waals surface area contributed by atoms with Crippen molar-refractivity contribution in [1.29, 1.82) is 0 Å². The van der Waals surface area contributed by atoms with E-state index in [2.05, 4.69) is 10.2 Å². The molecule has 16 heavy (non-hydrogen) atoms. The van der Waals surface area contributed by atoms with Gasteiger partial charge < -0.3 is 0 Å². The van der Waals surface area contributed by atoms with Crippen molar-refractivity contribution in [2.45, 2.75) is 6.92 Å². The molecule has 0 saturated heterocycles. The fourth-order valence-electron chi connectivity index (χ4n) is 1.43.